The Kier molecular flexibility index (Phi) is 3.17. The Hall–Kier alpha value is -1.39. The van der Waals surface area contributed by atoms with E-state index in [1.54, 1.807) is 6.92 Å². The van der Waals surface area contributed by atoms with Crippen molar-refractivity contribution in [1.29, 1.82) is 5.26 Å². The number of hydrogen-bond acceptors (Lipinski definition) is 4. The molecular weight excluding hydrogens is 252 g/mol. The molecule has 0 saturated carbocycles. The molecule has 2 heterocycles. The monoisotopic (exact) mass is 268 g/mol. The summed E-state index contributed by atoms with van der Waals surface area (Å²) in [5.74, 6) is 0. The third-order valence-corrected chi connectivity index (χ3v) is 5.51. The molecule has 0 radical (unpaired) electrons. The maximum absolute atomic E-state index is 12.4. The van der Waals surface area contributed by atoms with Gasteiger partial charge in [-0.05, 0) is 26.7 Å². The van der Waals surface area contributed by atoms with Crippen molar-refractivity contribution in [3.8, 4) is 6.07 Å². The number of rotatable bonds is 2. The topological polar surface area (TPSA) is 89.8 Å². The van der Waals surface area contributed by atoms with Crippen LogP contribution in [-0.2, 0) is 10.0 Å². The third-order valence-electron chi connectivity index (χ3n) is 3.50. The molecule has 1 aliphatic heterocycles. The number of aryl methyl sites for hydroxylation is 1. The molecule has 0 atom stereocenters. The van der Waals surface area contributed by atoms with E-state index in [1.165, 1.54) is 10.5 Å². The van der Waals surface area contributed by atoms with E-state index in [9.17, 15) is 8.42 Å². The fraction of sp³-hybridized carbons (Fsp3) is 0.636. The van der Waals surface area contributed by atoms with Gasteiger partial charge in [0.2, 0.25) is 10.0 Å². The van der Waals surface area contributed by atoms with Gasteiger partial charge in [-0.1, -0.05) is 0 Å². The van der Waals surface area contributed by atoms with E-state index in [1.807, 2.05) is 6.92 Å². The van der Waals surface area contributed by atoms with Crippen LogP contribution in [0.2, 0.25) is 0 Å². The van der Waals surface area contributed by atoms with Gasteiger partial charge in [0.1, 0.15) is 4.90 Å². The first-order valence-corrected chi connectivity index (χ1v) is 7.24. The van der Waals surface area contributed by atoms with Gasteiger partial charge in [-0.2, -0.15) is 14.7 Å². The van der Waals surface area contributed by atoms with E-state index in [2.05, 4.69) is 16.3 Å². The summed E-state index contributed by atoms with van der Waals surface area (Å²) in [4.78, 5) is 0.225. The summed E-state index contributed by atoms with van der Waals surface area (Å²) in [6.45, 7) is 4.33. The molecule has 0 unspecified atom stereocenters. The van der Waals surface area contributed by atoms with Gasteiger partial charge in [0.15, 0.2) is 0 Å². The van der Waals surface area contributed by atoms with Crippen LogP contribution in [-0.4, -0.2) is 36.0 Å². The highest BCUT2D eigenvalue weighted by Crippen LogP contribution is 2.32. The summed E-state index contributed by atoms with van der Waals surface area (Å²) in [6, 6.07) is 2.26. The average molecular weight is 268 g/mol. The standard InChI is InChI=1S/C11H16N4O2S/c1-9-10(7-13-14-9)18(16,17)15-5-3-11(2,8-12)4-6-15/h7H,3-6H2,1-2H3,(H,13,14). The first-order valence-electron chi connectivity index (χ1n) is 5.80. The fourth-order valence-corrected chi connectivity index (χ4v) is 3.63. The first kappa shape index (κ1) is 13.1. The second-order valence-corrected chi connectivity index (χ2v) is 6.84. The van der Waals surface area contributed by atoms with Crippen molar-refractivity contribution in [3.05, 3.63) is 11.9 Å². The lowest BCUT2D eigenvalue weighted by atomic mass is 9.83. The molecule has 1 N–H and O–H groups in total. The molecular formula is C11H16N4O2S. The second-order valence-electron chi connectivity index (χ2n) is 4.94. The molecule has 1 fully saturated rings. The van der Waals surface area contributed by atoms with Gasteiger partial charge in [0.25, 0.3) is 0 Å². The molecule has 0 aromatic carbocycles. The summed E-state index contributed by atoms with van der Waals surface area (Å²) in [7, 11) is -3.48. The number of nitriles is 1. The first-order chi connectivity index (χ1) is 8.39. The molecule has 1 aromatic heterocycles. The molecule has 0 aliphatic carbocycles. The van der Waals surface area contributed by atoms with Crippen molar-refractivity contribution in [1.82, 2.24) is 14.5 Å². The third kappa shape index (κ3) is 2.13. The molecule has 18 heavy (non-hydrogen) atoms. The minimum Gasteiger partial charge on any atom is -0.281 e. The zero-order valence-corrected chi connectivity index (χ0v) is 11.3. The second kappa shape index (κ2) is 4.37. The van der Waals surface area contributed by atoms with Crippen LogP contribution in [0.25, 0.3) is 0 Å². The minimum atomic E-state index is -3.48. The predicted octanol–water partition coefficient (Wildman–Crippen LogP) is 1.03. The van der Waals surface area contributed by atoms with Crippen LogP contribution < -0.4 is 0 Å². The van der Waals surface area contributed by atoms with Gasteiger partial charge in [0, 0.05) is 13.1 Å². The van der Waals surface area contributed by atoms with Gasteiger partial charge in [-0.3, -0.25) is 5.10 Å². The zero-order chi connectivity index (χ0) is 13.4. The number of hydrogen-bond donors (Lipinski definition) is 1. The lowest BCUT2D eigenvalue weighted by Gasteiger charge is -2.33. The van der Waals surface area contributed by atoms with Gasteiger partial charge in [-0.15, -0.1) is 0 Å². The number of sulfonamides is 1. The van der Waals surface area contributed by atoms with Crippen molar-refractivity contribution in [2.24, 2.45) is 5.41 Å². The number of H-pyrrole nitrogens is 1. The highest BCUT2D eigenvalue weighted by Gasteiger charge is 2.36. The van der Waals surface area contributed by atoms with E-state index in [0.717, 1.165) is 0 Å². The molecule has 0 spiro atoms. The summed E-state index contributed by atoms with van der Waals surface area (Å²) in [5.41, 5.74) is 0.140. The van der Waals surface area contributed by atoms with E-state index in [-0.39, 0.29) is 4.90 Å². The van der Waals surface area contributed by atoms with Crippen LogP contribution in [0, 0.1) is 23.7 Å². The predicted molar refractivity (Wildman–Crippen MR) is 65.0 cm³/mol. The quantitative estimate of drug-likeness (QED) is 0.867. The van der Waals surface area contributed by atoms with E-state index >= 15 is 0 Å². The molecule has 0 bridgehead atoms. The highest BCUT2D eigenvalue weighted by molar-refractivity contribution is 7.89. The van der Waals surface area contributed by atoms with Crippen molar-refractivity contribution in [3.63, 3.8) is 0 Å². The van der Waals surface area contributed by atoms with Gasteiger partial charge < -0.3 is 0 Å². The van der Waals surface area contributed by atoms with Gasteiger partial charge >= 0.3 is 0 Å². The molecule has 98 valence electrons. The Morgan fingerprint density at radius 2 is 2.11 bits per heavy atom. The molecule has 1 saturated heterocycles. The molecule has 6 nitrogen and oxygen atoms in total. The zero-order valence-electron chi connectivity index (χ0n) is 10.5. The van der Waals surface area contributed by atoms with E-state index in [4.69, 9.17) is 5.26 Å². The normalized spacial score (nSPS) is 20.5. The van der Waals surface area contributed by atoms with Crippen molar-refractivity contribution >= 4 is 10.0 Å². The number of piperidine rings is 1. The molecule has 0 amide bonds. The number of nitrogens with zero attached hydrogens (tertiary/aromatic N) is 3. The van der Waals surface area contributed by atoms with Crippen LogP contribution in [0.3, 0.4) is 0 Å². The maximum atomic E-state index is 12.4. The van der Waals surface area contributed by atoms with Gasteiger partial charge in [0.05, 0.1) is 23.4 Å². The Bertz CT molecular complexity index is 576. The Labute approximate surface area is 107 Å². The highest BCUT2D eigenvalue weighted by atomic mass is 32.2. The summed E-state index contributed by atoms with van der Waals surface area (Å²) >= 11 is 0. The van der Waals surface area contributed by atoms with Gasteiger partial charge in [-0.25, -0.2) is 8.42 Å². The lowest BCUT2D eigenvalue weighted by molar-refractivity contribution is 0.232. The Morgan fingerprint density at radius 3 is 2.56 bits per heavy atom. The largest absolute Gasteiger partial charge is 0.281 e. The molecule has 7 heteroatoms. The molecule has 1 aliphatic rings. The summed E-state index contributed by atoms with van der Waals surface area (Å²) in [5, 5.41) is 15.4. The average Bonchev–Trinajstić information content (AvgIpc) is 2.77. The SMILES string of the molecule is Cc1[nH]ncc1S(=O)(=O)N1CCC(C)(C#N)CC1. The molecule has 2 rings (SSSR count). The van der Waals surface area contributed by atoms with Crippen LogP contribution in [0.5, 0.6) is 0 Å². The summed E-state index contributed by atoms with van der Waals surface area (Å²) in [6.07, 6.45) is 2.47. The number of aromatic amines is 1. The van der Waals surface area contributed by atoms with Crippen LogP contribution in [0.15, 0.2) is 11.1 Å². The fourth-order valence-electron chi connectivity index (χ4n) is 2.07. The Balaban J connectivity index is 2.21. The van der Waals surface area contributed by atoms with Crippen LogP contribution >= 0.6 is 0 Å². The number of aromatic nitrogens is 2. The van der Waals surface area contributed by atoms with Crippen molar-refractivity contribution in [2.45, 2.75) is 31.6 Å². The maximum Gasteiger partial charge on any atom is 0.246 e. The van der Waals surface area contributed by atoms with E-state index in [0.29, 0.717) is 31.6 Å². The van der Waals surface area contributed by atoms with Crippen molar-refractivity contribution in [2.75, 3.05) is 13.1 Å². The minimum absolute atomic E-state index is 0.225. The van der Waals surface area contributed by atoms with E-state index < -0.39 is 15.4 Å². The van der Waals surface area contributed by atoms with Crippen molar-refractivity contribution < 1.29 is 8.42 Å². The lowest BCUT2D eigenvalue weighted by Crippen LogP contribution is -2.41. The smallest absolute Gasteiger partial charge is 0.246 e. The number of nitrogens with one attached hydrogen (secondary N) is 1. The molecule has 1 aromatic rings. The Morgan fingerprint density at radius 1 is 1.50 bits per heavy atom. The van der Waals surface area contributed by atoms with Crippen LogP contribution in [0.4, 0.5) is 0 Å². The summed E-state index contributed by atoms with van der Waals surface area (Å²) < 4.78 is 26.1. The van der Waals surface area contributed by atoms with Crippen LogP contribution in [0.1, 0.15) is 25.5 Å².